The third kappa shape index (κ3) is 3.51. The molecule has 0 amide bonds. The summed E-state index contributed by atoms with van der Waals surface area (Å²) < 4.78 is 25.0. The van der Waals surface area contributed by atoms with Gasteiger partial charge in [-0.1, -0.05) is 49.0 Å². The molecule has 0 aromatic heterocycles. The van der Waals surface area contributed by atoms with Crippen molar-refractivity contribution in [3.8, 4) is 0 Å². The topological polar surface area (TPSA) is 71.4 Å². The zero-order valence-corrected chi connectivity index (χ0v) is 12.5. The van der Waals surface area contributed by atoms with E-state index in [0.717, 1.165) is 6.08 Å². The molecule has 0 saturated heterocycles. The quantitative estimate of drug-likeness (QED) is 0.860. The van der Waals surface area contributed by atoms with E-state index >= 15 is 0 Å². The molecule has 0 spiro atoms. The van der Waals surface area contributed by atoms with Crippen LogP contribution in [0, 0.1) is 0 Å². The molecule has 2 rings (SSSR count). The van der Waals surface area contributed by atoms with E-state index in [-0.39, 0.29) is 9.80 Å². The fourth-order valence-electron chi connectivity index (χ4n) is 1.85. The van der Waals surface area contributed by atoms with Crippen molar-refractivity contribution in [2.24, 2.45) is 0 Å². The van der Waals surface area contributed by atoms with E-state index in [1.807, 2.05) is 0 Å². The van der Waals surface area contributed by atoms with Crippen LogP contribution in [0.25, 0.3) is 11.0 Å². The van der Waals surface area contributed by atoms with Gasteiger partial charge < -0.3 is 5.11 Å². The highest BCUT2D eigenvalue weighted by molar-refractivity contribution is 8.00. The second kappa shape index (κ2) is 6.41. The van der Waals surface area contributed by atoms with E-state index in [4.69, 9.17) is 5.11 Å². The number of carbonyl (C=O) groups is 1. The van der Waals surface area contributed by atoms with Crippen LogP contribution in [0.3, 0.4) is 0 Å². The lowest BCUT2D eigenvalue weighted by Gasteiger charge is -2.08. The normalized spacial score (nSPS) is 11.5. The number of hydrogen-bond donors (Lipinski definition) is 1. The molecular weight excluding hydrogens is 300 g/mol. The van der Waals surface area contributed by atoms with Gasteiger partial charge in [-0.25, -0.2) is 13.2 Å². The molecule has 4 nitrogen and oxygen atoms in total. The van der Waals surface area contributed by atoms with E-state index in [0.29, 0.717) is 11.1 Å². The van der Waals surface area contributed by atoms with Crippen molar-refractivity contribution < 1.29 is 18.3 Å². The van der Waals surface area contributed by atoms with Crippen molar-refractivity contribution >= 4 is 26.8 Å². The molecule has 0 saturated carbocycles. The highest BCUT2D eigenvalue weighted by atomic mass is 32.2. The maximum Gasteiger partial charge on any atom is 0.328 e. The summed E-state index contributed by atoms with van der Waals surface area (Å²) in [5, 5.41) is 8.56. The molecule has 0 unspecified atom stereocenters. The molecule has 0 heterocycles. The van der Waals surface area contributed by atoms with Crippen LogP contribution < -0.4 is 0 Å². The van der Waals surface area contributed by atoms with Crippen molar-refractivity contribution in [3.63, 3.8) is 0 Å². The number of carboxylic acids is 1. The first kappa shape index (κ1) is 15.7. The van der Waals surface area contributed by atoms with Gasteiger partial charge in [-0.2, -0.15) is 0 Å². The Morgan fingerprint density at radius 3 is 2.14 bits per heavy atom. The summed E-state index contributed by atoms with van der Waals surface area (Å²) in [5.74, 6) is -1.06. The minimum absolute atomic E-state index is 0.0296. The van der Waals surface area contributed by atoms with Crippen LogP contribution in [0.2, 0.25) is 0 Å². The fourth-order valence-corrected chi connectivity index (χ4v) is 3.07. The summed E-state index contributed by atoms with van der Waals surface area (Å²) in [7, 11) is -3.67. The van der Waals surface area contributed by atoms with E-state index in [2.05, 4.69) is 6.58 Å². The smallest absolute Gasteiger partial charge is 0.328 e. The minimum atomic E-state index is -3.67. The first-order valence-electron chi connectivity index (χ1n) is 6.42. The van der Waals surface area contributed by atoms with Gasteiger partial charge in [0.25, 0.3) is 0 Å². The van der Waals surface area contributed by atoms with Gasteiger partial charge in [0.1, 0.15) is 0 Å². The van der Waals surface area contributed by atoms with E-state index in [9.17, 15) is 13.2 Å². The molecule has 0 aliphatic rings. The molecule has 22 heavy (non-hydrogen) atoms. The SMILES string of the molecule is C=C(c1ccccc1)S(=O)(=O)c1ccc(/C=C/C(=O)O)cc1. The zero-order chi connectivity index (χ0) is 16.2. The summed E-state index contributed by atoms with van der Waals surface area (Å²) in [6.45, 7) is 3.68. The largest absolute Gasteiger partial charge is 0.478 e. The predicted octanol–water partition coefficient (Wildman–Crippen LogP) is 3.23. The number of rotatable bonds is 5. The summed E-state index contributed by atoms with van der Waals surface area (Å²) in [6, 6.07) is 14.6. The maximum absolute atomic E-state index is 12.5. The van der Waals surface area contributed by atoms with Crippen LogP contribution in [0.15, 0.2) is 72.1 Å². The van der Waals surface area contributed by atoms with Crippen molar-refractivity contribution in [2.75, 3.05) is 0 Å². The molecule has 0 atom stereocenters. The molecule has 0 aliphatic carbocycles. The lowest BCUT2D eigenvalue weighted by Crippen LogP contribution is -2.03. The summed E-state index contributed by atoms with van der Waals surface area (Å²) in [5.41, 5.74) is 1.14. The third-order valence-electron chi connectivity index (χ3n) is 3.03. The first-order chi connectivity index (χ1) is 10.4. The van der Waals surface area contributed by atoms with Gasteiger partial charge >= 0.3 is 5.97 Å². The van der Waals surface area contributed by atoms with E-state index in [1.54, 1.807) is 42.5 Å². The summed E-state index contributed by atoms with van der Waals surface area (Å²) >= 11 is 0. The Kier molecular flexibility index (Phi) is 4.58. The van der Waals surface area contributed by atoms with Crippen molar-refractivity contribution in [1.29, 1.82) is 0 Å². The third-order valence-corrected chi connectivity index (χ3v) is 4.81. The van der Waals surface area contributed by atoms with Crippen LogP contribution in [-0.4, -0.2) is 19.5 Å². The lowest BCUT2D eigenvalue weighted by molar-refractivity contribution is -0.131. The minimum Gasteiger partial charge on any atom is -0.478 e. The van der Waals surface area contributed by atoms with Crippen molar-refractivity contribution in [1.82, 2.24) is 0 Å². The Labute approximate surface area is 129 Å². The Hall–Kier alpha value is -2.66. The molecular formula is C17H14O4S. The molecule has 112 valence electrons. The molecule has 0 radical (unpaired) electrons. The molecule has 2 aromatic carbocycles. The van der Waals surface area contributed by atoms with Crippen molar-refractivity contribution in [2.45, 2.75) is 4.90 Å². The Balaban J connectivity index is 2.31. The number of sulfone groups is 1. The molecule has 0 aliphatic heterocycles. The first-order valence-corrected chi connectivity index (χ1v) is 7.90. The van der Waals surface area contributed by atoms with E-state index < -0.39 is 15.8 Å². The Bertz CT molecular complexity index is 817. The van der Waals surface area contributed by atoms with Crippen molar-refractivity contribution in [3.05, 3.63) is 78.4 Å². The Morgan fingerprint density at radius 2 is 1.59 bits per heavy atom. The number of benzene rings is 2. The van der Waals surface area contributed by atoms with Crippen LogP contribution in [0.4, 0.5) is 0 Å². The highest BCUT2D eigenvalue weighted by Crippen LogP contribution is 2.26. The van der Waals surface area contributed by atoms with Gasteiger partial charge in [0.15, 0.2) is 0 Å². The molecule has 2 aromatic rings. The Morgan fingerprint density at radius 1 is 1.00 bits per heavy atom. The average molecular weight is 314 g/mol. The van der Waals surface area contributed by atoms with E-state index in [1.165, 1.54) is 18.2 Å². The summed E-state index contributed by atoms with van der Waals surface area (Å²) in [6.07, 6.45) is 2.39. The highest BCUT2D eigenvalue weighted by Gasteiger charge is 2.19. The molecule has 0 fully saturated rings. The standard InChI is InChI=1S/C17H14O4S/c1-13(15-5-3-2-4-6-15)22(20,21)16-10-7-14(8-11-16)9-12-17(18)19/h2-12H,1H2,(H,18,19)/b12-9+. The van der Waals surface area contributed by atoms with Crippen LogP contribution in [0.1, 0.15) is 11.1 Å². The molecule has 1 N–H and O–H groups in total. The van der Waals surface area contributed by atoms with Gasteiger partial charge in [-0.15, -0.1) is 0 Å². The number of carboxylic acid groups (broad SMARTS) is 1. The lowest BCUT2D eigenvalue weighted by atomic mass is 10.2. The number of aliphatic carboxylic acids is 1. The van der Waals surface area contributed by atoms with Gasteiger partial charge in [-0.3, -0.25) is 0 Å². The van der Waals surface area contributed by atoms with Gasteiger partial charge in [-0.05, 0) is 29.3 Å². The second-order valence-corrected chi connectivity index (χ2v) is 6.50. The van der Waals surface area contributed by atoms with Gasteiger partial charge in [0.2, 0.25) is 9.84 Å². The maximum atomic E-state index is 12.5. The monoisotopic (exact) mass is 314 g/mol. The second-order valence-electron chi connectivity index (χ2n) is 4.53. The van der Waals surface area contributed by atoms with Gasteiger partial charge in [0, 0.05) is 6.08 Å². The van der Waals surface area contributed by atoms with Crippen LogP contribution in [-0.2, 0) is 14.6 Å². The van der Waals surface area contributed by atoms with Crippen LogP contribution in [0.5, 0.6) is 0 Å². The molecule has 5 heteroatoms. The number of hydrogen-bond acceptors (Lipinski definition) is 3. The molecule has 0 bridgehead atoms. The predicted molar refractivity (Wildman–Crippen MR) is 85.8 cm³/mol. The average Bonchev–Trinajstić information content (AvgIpc) is 2.53. The van der Waals surface area contributed by atoms with Gasteiger partial charge in [0.05, 0.1) is 9.80 Å². The fraction of sp³-hybridized carbons (Fsp3) is 0. The zero-order valence-electron chi connectivity index (χ0n) is 11.6. The van der Waals surface area contributed by atoms with Crippen LogP contribution >= 0.6 is 0 Å². The summed E-state index contributed by atoms with van der Waals surface area (Å²) in [4.78, 5) is 10.6.